The van der Waals surface area contributed by atoms with Crippen LogP contribution < -0.4 is 25.0 Å². The molecule has 1 fully saturated rings. The monoisotopic (exact) mass is 353 g/mol. The summed E-state index contributed by atoms with van der Waals surface area (Å²) in [6.45, 7) is 2.66. The zero-order valence-electron chi connectivity index (χ0n) is 14.7. The first-order chi connectivity index (χ1) is 12.8. The SMILES string of the molecule is O=C(CNc1ccc2c(c1)OCO2)Nc1ccc(N2CCCCC2)cc1. The molecule has 2 N–H and O–H groups in total. The van der Waals surface area contributed by atoms with Gasteiger partial charge in [-0.15, -0.1) is 0 Å². The number of amides is 1. The lowest BCUT2D eigenvalue weighted by atomic mass is 10.1. The lowest BCUT2D eigenvalue weighted by Crippen LogP contribution is -2.29. The van der Waals surface area contributed by atoms with E-state index in [1.165, 1.54) is 24.9 Å². The predicted molar refractivity (Wildman–Crippen MR) is 102 cm³/mol. The molecule has 0 aromatic heterocycles. The fourth-order valence-electron chi connectivity index (χ4n) is 3.30. The molecule has 0 bridgehead atoms. The van der Waals surface area contributed by atoms with E-state index in [2.05, 4.69) is 27.7 Å². The maximum atomic E-state index is 12.2. The van der Waals surface area contributed by atoms with Crippen LogP contribution in [0.15, 0.2) is 42.5 Å². The Morgan fingerprint density at radius 3 is 2.46 bits per heavy atom. The van der Waals surface area contributed by atoms with Gasteiger partial charge in [-0.1, -0.05) is 0 Å². The van der Waals surface area contributed by atoms with Crippen molar-refractivity contribution in [2.75, 3.05) is 42.0 Å². The summed E-state index contributed by atoms with van der Waals surface area (Å²) >= 11 is 0. The molecule has 2 aliphatic heterocycles. The van der Waals surface area contributed by atoms with Gasteiger partial charge in [0.15, 0.2) is 11.5 Å². The molecule has 136 valence electrons. The molecule has 0 atom stereocenters. The summed E-state index contributed by atoms with van der Waals surface area (Å²) in [5.74, 6) is 1.34. The third kappa shape index (κ3) is 3.85. The number of piperidine rings is 1. The molecule has 4 rings (SSSR count). The van der Waals surface area contributed by atoms with Gasteiger partial charge in [-0.25, -0.2) is 0 Å². The van der Waals surface area contributed by atoms with Crippen LogP contribution in [0.5, 0.6) is 11.5 Å². The van der Waals surface area contributed by atoms with Gasteiger partial charge >= 0.3 is 0 Å². The summed E-state index contributed by atoms with van der Waals surface area (Å²) < 4.78 is 10.6. The second kappa shape index (κ2) is 7.56. The molecule has 1 saturated heterocycles. The summed E-state index contributed by atoms with van der Waals surface area (Å²) in [4.78, 5) is 14.6. The first-order valence-electron chi connectivity index (χ1n) is 9.06. The molecule has 0 spiro atoms. The fraction of sp³-hybridized carbons (Fsp3) is 0.350. The van der Waals surface area contributed by atoms with Crippen molar-refractivity contribution < 1.29 is 14.3 Å². The highest BCUT2D eigenvalue weighted by molar-refractivity contribution is 5.94. The van der Waals surface area contributed by atoms with Crippen LogP contribution in [0.4, 0.5) is 17.1 Å². The van der Waals surface area contributed by atoms with Gasteiger partial charge in [0.2, 0.25) is 12.7 Å². The van der Waals surface area contributed by atoms with Gasteiger partial charge in [0.1, 0.15) is 0 Å². The molecular formula is C20H23N3O3. The highest BCUT2D eigenvalue weighted by Gasteiger charge is 2.14. The molecule has 2 aliphatic rings. The van der Waals surface area contributed by atoms with Crippen LogP contribution in [0.1, 0.15) is 19.3 Å². The largest absolute Gasteiger partial charge is 0.454 e. The highest BCUT2D eigenvalue weighted by Crippen LogP contribution is 2.34. The Balaban J connectivity index is 1.29. The van der Waals surface area contributed by atoms with Crippen LogP contribution in [0.2, 0.25) is 0 Å². The molecule has 0 aliphatic carbocycles. The van der Waals surface area contributed by atoms with Gasteiger partial charge in [0, 0.05) is 36.2 Å². The molecule has 6 nitrogen and oxygen atoms in total. The summed E-state index contributed by atoms with van der Waals surface area (Å²) in [7, 11) is 0. The molecule has 2 heterocycles. The Hall–Kier alpha value is -2.89. The van der Waals surface area contributed by atoms with Gasteiger partial charge in [-0.2, -0.15) is 0 Å². The Labute approximate surface area is 153 Å². The number of nitrogens with zero attached hydrogens (tertiary/aromatic N) is 1. The Morgan fingerprint density at radius 1 is 0.923 bits per heavy atom. The second-order valence-electron chi connectivity index (χ2n) is 6.56. The van der Waals surface area contributed by atoms with E-state index in [4.69, 9.17) is 9.47 Å². The van der Waals surface area contributed by atoms with Crippen molar-refractivity contribution in [3.63, 3.8) is 0 Å². The number of anilines is 3. The molecule has 1 amide bonds. The third-order valence-electron chi connectivity index (χ3n) is 4.70. The minimum Gasteiger partial charge on any atom is -0.454 e. The number of benzene rings is 2. The average Bonchev–Trinajstić information content (AvgIpc) is 3.15. The Bertz CT molecular complexity index is 770. The first kappa shape index (κ1) is 16.6. The van der Waals surface area contributed by atoms with Gasteiger partial charge in [0.25, 0.3) is 0 Å². The Morgan fingerprint density at radius 2 is 1.65 bits per heavy atom. The topological polar surface area (TPSA) is 62.8 Å². The standard InChI is InChI=1S/C20H23N3O3/c24-20(13-21-16-6-9-18-19(12-16)26-14-25-18)22-15-4-7-17(8-5-15)23-10-2-1-3-11-23/h4-9,12,21H,1-3,10-11,13-14H2,(H,22,24). The molecule has 0 unspecified atom stereocenters. The number of carbonyl (C=O) groups is 1. The van der Waals surface area contributed by atoms with Gasteiger partial charge in [0.05, 0.1) is 6.54 Å². The van der Waals surface area contributed by atoms with E-state index >= 15 is 0 Å². The van der Waals surface area contributed by atoms with E-state index in [1.807, 2.05) is 30.3 Å². The third-order valence-corrected chi connectivity index (χ3v) is 4.70. The van der Waals surface area contributed by atoms with Crippen molar-refractivity contribution in [3.8, 4) is 11.5 Å². The van der Waals surface area contributed by atoms with E-state index in [0.717, 1.165) is 30.2 Å². The number of rotatable bonds is 5. The van der Waals surface area contributed by atoms with Gasteiger partial charge < -0.3 is 25.0 Å². The highest BCUT2D eigenvalue weighted by atomic mass is 16.7. The summed E-state index contributed by atoms with van der Waals surface area (Å²) in [5.41, 5.74) is 2.86. The first-order valence-corrected chi connectivity index (χ1v) is 9.06. The molecule has 0 radical (unpaired) electrons. The molecule has 6 heteroatoms. The number of hydrogen-bond donors (Lipinski definition) is 2. The van der Waals surface area contributed by atoms with Crippen molar-refractivity contribution in [2.45, 2.75) is 19.3 Å². The number of hydrogen-bond acceptors (Lipinski definition) is 5. The second-order valence-corrected chi connectivity index (χ2v) is 6.56. The van der Waals surface area contributed by atoms with Crippen molar-refractivity contribution in [3.05, 3.63) is 42.5 Å². The van der Waals surface area contributed by atoms with Gasteiger partial charge in [-0.05, 0) is 55.7 Å². The van der Waals surface area contributed by atoms with Crippen LogP contribution >= 0.6 is 0 Å². The number of nitrogens with one attached hydrogen (secondary N) is 2. The summed E-state index contributed by atoms with van der Waals surface area (Å²) in [6.07, 6.45) is 3.83. The van der Waals surface area contributed by atoms with Crippen molar-refractivity contribution in [1.29, 1.82) is 0 Å². The van der Waals surface area contributed by atoms with E-state index in [9.17, 15) is 4.79 Å². The fourth-order valence-corrected chi connectivity index (χ4v) is 3.30. The van der Waals surface area contributed by atoms with E-state index in [0.29, 0.717) is 5.75 Å². The van der Waals surface area contributed by atoms with Crippen LogP contribution in [0.3, 0.4) is 0 Å². The molecule has 26 heavy (non-hydrogen) atoms. The quantitative estimate of drug-likeness (QED) is 0.862. The summed E-state index contributed by atoms with van der Waals surface area (Å²) in [6, 6.07) is 13.6. The lowest BCUT2D eigenvalue weighted by Gasteiger charge is -2.28. The van der Waals surface area contributed by atoms with Crippen LogP contribution in [-0.2, 0) is 4.79 Å². The maximum Gasteiger partial charge on any atom is 0.243 e. The number of carbonyl (C=O) groups excluding carboxylic acids is 1. The zero-order valence-corrected chi connectivity index (χ0v) is 14.7. The smallest absolute Gasteiger partial charge is 0.243 e. The van der Waals surface area contributed by atoms with Crippen molar-refractivity contribution in [2.24, 2.45) is 0 Å². The van der Waals surface area contributed by atoms with E-state index < -0.39 is 0 Å². The Kier molecular flexibility index (Phi) is 4.82. The van der Waals surface area contributed by atoms with Crippen molar-refractivity contribution in [1.82, 2.24) is 0 Å². The predicted octanol–water partition coefficient (Wildman–Crippen LogP) is 3.46. The lowest BCUT2D eigenvalue weighted by molar-refractivity contribution is -0.114. The molecule has 2 aromatic carbocycles. The minimum absolute atomic E-state index is 0.0895. The molecule has 0 saturated carbocycles. The normalized spacial score (nSPS) is 15.6. The number of fused-ring (bicyclic) bond motifs is 1. The summed E-state index contributed by atoms with van der Waals surface area (Å²) in [5, 5.41) is 6.02. The van der Waals surface area contributed by atoms with Crippen LogP contribution in [-0.4, -0.2) is 32.3 Å². The van der Waals surface area contributed by atoms with Gasteiger partial charge in [-0.3, -0.25) is 4.79 Å². The van der Waals surface area contributed by atoms with E-state index in [1.54, 1.807) is 0 Å². The minimum atomic E-state index is -0.0895. The van der Waals surface area contributed by atoms with Crippen LogP contribution in [0, 0.1) is 0 Å². The average molecular weight is 353 g/mol. The molecule has 2 aromatic rings. The van der Waals surface area contributed by atoms with Crippen LogP contribution in [0.25, 0.3) is 0 Å². The van der Waals surface area contributed by atoms with Crippen molar-refractivity contribution >= 4 is 23.0 Å². The zero-order chi connectivity index (χ0) is 17.8. The maximum absolute atomic E-state index is 12.2. The van der Waals surface area contributed by atoms with E-state index in [-0.39, 0.29) is 19.2 Å². The number of ether oxygens (including phenoxy) is 2. The molecular weight excluding hydrogens is 330 g/mol.